The number of imidazole rings is 1. The minimum Gasteiger partial charge on any atom is -0.322 e. The van der Waals surface area contributed by atoms with Gasteiger partial charge in [0.2, 0.25) is 0 Å². The number of thiazole rings is 1. The van der Waals surface area contributed by atoms with Gasteiger partial charge in [-0.05, 0) is 22.0 Å². The molecule has 0 aliphatic rings. The summed E-state index contributed by atoms with van der Waals surface area (Å²) in [4.78, 5) is 8.77. The highest BCUT2D eigenvalue weighted by Crippen LogP contribution is 2.25. The largest absolute Gasteiger partial charge is 0.322 e. The number of alkyl halides is 1. The van der Waals surface area contributed by atoms with Crippen LogP contribution in [0, 0.1) is 5.82 Å². The van der Waals surface area contributed by atoms with E-state index in [1.54, 1.807) is 22.9 Å². The quantitative estimate of drug-likeness (QED) is 0.640. The van der Waals surface area contributed by atoms with Crippen molar-refractivity contribution in [2.45, 2.75) is 13.0 Å². The van der Waals surface area contributed by atoms with Crippen LogP contribution in [-0.4, -0.2) is 20.4 Å². The van der Waals surface area contributed by atoms with Gasteiger partial charge in [-0.15, -0.1) is 22.9 Å². The fourth-order valence-electron chi connectivity index (χ4n) is 2.10. The third-order valence-electron chi connectivity index (χ3n) is 2.99. The van der Waals surface area contributed by atoms with Crippen LogP contribution in [0.2, 0.25) is 0 Å². The molecule has 0 saturated heterocycles. The summed E-state index contributed by atoms with van der Waals surface area (Å²) in [5.74, 6) is 1.01. The number of nitrogens with zero attached hydrogens (tertiary/aromatic N) is 3. The zero-order chi connectivity index (χ0) is 14.1. The van der Waals surface area contributed by atoms with Crippen molar-refractivity contribution in [2.75, 3.05) is 5.88 Å². The van der Waals surface area contributed by atoms with Gasteiger partial charge >= 0.3 is 0 Å². The molecule has 0 aliphatic heterocycles. The van der Waals surface area contributed by atoms with Crippen molar-refractivity contribution in [3.8, 4) is 0 Å². The van der Waals surface area contributed by atoms with E-state index in [2.05, 4.69) is 25.9 Å². The second kappa shape index (κ2) is 5.79. The van der Waals surface area contributed by atoms with Crippen LogP contribution in [0.25, 0.3) is 11.0 Å². The summed E-state index contributed by atoms with van der Waals surface area (Å²) in [6.07, 6.45) is 0.639. The summed E-state index contributed by atoms with van der Waals surface area (Å²) >= 11 is 10.6. The van der Waals surface area contributed by atoms with Gasteiger partial charge in [0.05, 0.1) is 33.3 Å². The van der Waals surface area contributed by atoms with E-state index in [0.717, 1.165) is 17.0 Å². The molecular weight excluding hydrogens is 365 g/mol. The lowest BCUT2D eigenvalue weighted by Crippen LogP contribution is -2.06. The van der Waals surface area contributed by atoms with Crippen LogP contribution in [0.15, 0.2) is 27.5 Å². The SMILES string of the molecule is Fc1cc2nc(CCCl)n(Cc3cscn3)c2cc1Br. The van der Waals surface area contributed by atoms with E-state index in [9.17, 15) is 4.39 Å². The summed E-state index contributed by atoms with van der Waals surface area (Å²) in [5.41, 5.74) is 4.28. The Morgan fingerprint density at radius 2 is 2.25 bits per heavy atom. The lowest BCUT2D eigenvalue weighted by Gasteiger charge is -2.07. The number of fused-ring (bicyclic) bond motifs is 1. The molecule has 0 atom stereocenters. The highest BCUT2D eigenvalue weighted by atomic mass is 79.9. The maximum Gasteiger partial charge on any atom is 0.139 e. The fourth-order valence-corrected chi connectivity index (χ4v) is 3.15. The van der Waals surface area contributed by atoms with E-state index in [1.807, 2.05) is 9.95 Å². The molecule has 0 N–H and O–H groups in total. The number of aromatic nitrogens is 3. The lowest BCUT2D eigenvalue weighted by molar-refractivity contribution is 0.622. The number of aryl methyl sites for hydroxylation is 1. The summed E-state index contributed by atoms with van der Waals surface area (Å²) in [7, 11) is 0. The van der Waals surface area contributed by atoms with E-state index < -0.39 is 0 Å². The van der Waals surface area contributed by atoms with E-state index >= 15 is 0 Å². The summed E-state index contributed by atoms with van der Waals surface area (Å²) in [6, 6.07) is 3.19. The zero-order valence-electron chi connectivity index (χ0n) is 10.3. The van der Waals surface area contributed by atoms with Crippen LogP contribution in [0.1, 0.15) is 11.5 Å². The molecule has 0 fully saturated rings. The standard InChI is InChI=1S/C13H10BrClFN3S/c14-9-3-12-11(4-10(9)16)18-13(1-2-15)19(12)5-8-6-20-7-17-8/h3-4,6-7H,1-2,5H2. The molecule has 3 nitrogen and oxygen atoms in total. The molecule has 0 spiro atoms. The summed E-state index contributed by atoms with van der Waals surface area (Å²) < 4.78 is 16.1. The molecule has 20 heavy (non-hydrogen) atoms. The van der Waals surface area contributed by atoms with Crippen molar-refractivity contribution in [1.82, 2.24) is 14.5 Å². The Labute approximate surface area is 132 Å². The van der Waals surface area contributed by atoms with Gasteiger partial charge in [0.15, 0.2) is 0 Å². The van der Waals surface area contributed by atoms with Crippen LogP contribution in [-0.2, 0) is 13.0 Å². The second-order valence-electron chi connectivity index (χ2n) is 4.29. The van der Waals surface area contributed by atoms with Gasteiger partial charge in [-0.2, -0.15) is 0 Å². The van der Waals surface area contributed by atoms with Gasteiger partial charge < -0.3 is 4.57 Å². The first-order valence-electron chi connectivity index (χ1n) is 5.96. The molecule has 0 saturated carbocycles. The molecule has 3 aromatic rings. The maximum atomic E-state index is 13.6. The Morgan fingerprint density at radius 3 is 2.95 bits per heavy atom. The molecule has 2 aromatic heterocycles. The van der Waals surface area contributed by atoms with Gasteiger partial charge in [-0.25, -0.2) is 14.4 Å². The van der Waals surface area contributed by atoms with Crippen LogP contribution < -0.4 is 0 Å². The van der Waals surface area contributed by atoms with Gasteiger partial charge in [-0.3, -0.25) is 0 Å². The van der Waals surface area contributed by atoms with E-state index in [-0.39, 0.29) is 5.82 Å². The molecule has 0 amide bonds. The molecular formula is C13H10BrClFN3S. The van der Waals surface area contributed by atoms with Gasteiger partial charge in [0.1, 0.15) is 11.6 Å². The monoisotopic (exact) mass is 373 g/mol. The number of rotatable bonds is 4. The van der Waals surface area contributed by atoms with Crippen LogP contribution >= 0.6 is 38.9 Å². The number of hydrogen-bond donors (Lipinski definition) is 0. The Balaban J connectivity index is 2.15. The third kappa shape index (κ3) is 2.60. The van der Waals surface area contributed by atoms with Crippen molar-refractivity contribution < 1.29 is 4.39 Å². The molecule has 3 rings (SSSR count). The molecule has 104 valence electrons. The second-order valence-corrected chi connectivity index (χ2v) is 6.24. The number of halogens is 3. The average molecular weight is 375 g/mol. The van der Waals surface area contributed by atoms with Crippen molar-refractivity contribution >= 4 is 49.9 Å². The van der Waals surface area contributed by atoms with Crippen molar-refractivity contribution in [3.63, 3.8) is 0 Å². The first-order valence-corrected chi connectivity index (χ1v) is 8.23. The van der Waals surface area contributed by atoms with Gasteiger partial charge in [-0.1, -0.05) is 0 Å². The third-order valence-corrected chi connectivity index (χ3v) is 4.42. The van der Waals surface area contributed by atoms with Gasteiger partial charge in [0, 0.05) is 23.7 Å². The predicted molar refractivity (Wildman–Crippen MR) is 83.0 cm³/mol. The Kier molecular flexibility index (Phi) is 4.05. The molecule has 0 bridgehead atoms. The maximum absolute atomic E-state index is 13.6. The number of hydrogen-bond acceptors (Lipinski definition) is 3. The molecule has 0 aliphatic carbocycles. The Bertz CT molecular complexity index is 742. The highest BCUT2D eigenvalue weighted by Gasteiger charge is 2.14. The van der Waals surface area contributed by atoms with Crippen molar-refractivity contribution in [2.24, 2.45) is 0 Å². The van der Waals surface area contributed by atoms with Crippen LogP contribution in [0.5, 0.6) is 0 Å². The summed E-state index contributed by atoms with van der Waals surface area (Å²) in [6.45, 7) is 0.615. The lowest BCUT2D eigenvalue weighted by atomic mass is 10.3. The van der Waals surface area contributed by atoms with Crippen molar-refractivity contribution in [3.05, 3.63) is 44.8 Å². The number of benzene rings is 1. The van der Waals surface area contributed by atoms with Crippen LogP contribution in [0.4, 0.5) is 4.39 Å². The normalized spacial score (nSPS) is 11.3. The van der Waals surface area contributed by atoms with Crippen molar-refractivity contribution in [1.29, 1.82) is 0 Å². The minimum atomic E-state index is -0.312. The minimum absolute atomic E-state index is 0.312. The zero-order valence-corrected chi connectivity index (χ0v) is 13.5. The molecule has 0 unspecified atom stereocenters. The molecule has 2 heterocycles. The average Bonchev–Trinajstić information content (AvgIpc) is 3.02. The van der Waals surface area contributed by atoms with E-state index in [4.69, 9.17) is 11.6 Å². The van der Waals surface area contributed by atoms with E-state index in [0.29, 0.717) is 28.8 Å². The molecule has 7 heteroatoms. The first-order chi connectivity index (χ1) is 9.69. The fraction of sp³-hybridized carbons (Fsp3) is 0.231. The smallest absolute Gasteiger partial charge is 0.139 e. The molecule has 1 aromatic carbocycles. The topological polar surface area (TPSA) is 30.7 Å². The van der Waals surface area contributed by atoms with Gasteiger partial charge in [0.25, 0.3) is 0 Å². The molecule has 0 radical (unpaired) electrons. The first kappa shape index (κ1) is 14.0. The Hall–Kier alpha value is -0.980. The predicted octanol–water partition coefficient (Wildman–Crippen LogP) is 4.22. The highest BCUT2D eigenvalue weighted by molar-refractivity contribution is 9.10. The Morgan fingerprint density at radius 1 is 1.40 bits per heavy atom. The van der Waals surface area contributed by atoms with Crippen LogP contribution in [0.3, 0.4) is 0 Å². The van der Waals surface area contributed by atoms with E-state index in [1.165, 1.54) is 6.07 Å². The summed E-state index contributed by atoms with van der Waals surface area (Å²) in [5, 5.41) is 1.99.